The molecule has 2 unspecified atom stereocenters. The van der Waals surface area contributed by atoms with Crippen LogP contribution in [0.4, 0.5) is 0 Å². The third kappa shape index (κ3) is 1.85. The molecule has 15 heavy (non-hydrogen) atoms. The summed E-state index contributed by atoms with van der Waals surface area (Å²) in [6.07, 6.45) is 1.65. The molecule has 0 aromatic heterocycles. The van der Waals surface area contributed by atoms with Crippen LogP contribution in [-0.4, -0.2) is 31.5 Å². The number of rotatable bonds is 2. The highest BCUT2D eigenvalue weighted by Crippen LogP contribution is 2.30. The van der Waals surface area contributed by atoms with Crippen molar-refractivity contribution in [2.75, 3.05) is 14.2 Å². The van der Waals surface area contributed by atoms with Crippen molar-refractivity contribution in [3.8, 4) is 5.75 Å². The summed E-state index contributed by atoms with van der Waals surface area (Å²) >= 11 is 0. The molecule has 0 radical (unpaired) electrons. The largest absolute Gasteiger partial charge is 0.508 e. The molecule has 0 heterocycles. The van der Waals surface area contributed by atoms with Gasteiger partial charge in [-0.25, -0.2) is 0 Å². The molecule has 3 heteroatoms. The number of hydrogen-bond acceptors (Lipinski definition) is 3. The topological polar surface area (TPSA) is 38.7 Å². The predicted octanol–water partition coefficient (Wildman–Crippen LogP) is 1.52. The lowest BCUT2D eigenvalue weighted by molar-refractivity contribution is -0.0401. The number of phenolic OH excluding ortho intramolecular Hbond substituents is 1. The lowest BCUT2D eigenvalue weighted by Gasteiger charge is -2.31. The first kappa shape index (κ1) is 10.5. The molecular weight excluding hydrogens is 192 g/mol. The van der Waals surface area contributed by atoms with Gasteiger partial charge in [-0.2, -0.15) is 0 Å². The standard InChI is InChI=1S/C12H16O3/c1-14-11-6-8-4-3-5-10(13)9(8)7-12(11)15-2/h3-5,11-13H,6-7H2,1-2H3. The fourth-order valence-electron chi connectivity index (χ4n) is 2.20. The zero-order valence-electron chi connectivity index (χ0n) is 9.06. The average Bonchev–Trinajstić information content (AvgIpc) is 2.28. The molecule has 1 aliphatic carbocycles. The van der Waals surface area contributed by atoms with E-state index in [9.17, 15) is 5.11 Å². The number of phenols is 1. The summed E-state index contributed by atoms with van der Waals surface area (Å²) in [5, 5.41) is 9.73. The number of ether oxygens (including phenoxy) is 2. The number of fused-ring (bicyclic) bond motifs is 1. The van der Waals surface area contributed by atoms with Crippen molar-refractivity contribution in [3.05, 3.63) is 29.3 Å². The van der Waals surface area contributed by atoms with Gasteiger partial charge in [-0.3, -0.25) is 0 Å². The van der Waals surface area contributed by atoms with Gasteiger partial charge in [0.25, 0.3) is 0 Å². The summed E-state index contributed by atoms with van der Waals surface area (Å²) in [6.45, 7) is 0. The van der Waals surface area contributed by atoms with Crippen LogP contribution in [0.5, 0.6) is 5.75 Å². The second-order valence-electron chi connectivity index (χ2n) is 3.87. The van der Waals surface area contributed by atoms with E-state index >= 15 is 0 Å². The van der Waals surface area contributed by atoms with Crippen molar-refractivity contribution in [3.63, 3.8) is 0 Å². The molecule has 1 aromatic carbocycles. The van der Waals surface area contributed by atoms with Crippen LogP contribution in [0.15, 0.2) is 18.2 Å². The van der Waals surface area contributed by atoms with Gasteiger partial charge in [0, 0.05) is 27.1 Å². The van der Waals surface area contributed by atoms with Crippen molar-refractivity contribution < 1.29 is 14.6 Å². The summed E-state index contributed by atoms with van der Waals surface area (Å²) in [5.41, 5.74) is 2.16. The number of methoxy groups -OCH3 is 2. The van der Waals surface area contributed by atoms with Gasteiger partial charge in [-0.1, -0.05) is 12.1 Å². The lowest BCUT2D eigenvalue weighted by Crippen LogP contribution is -2.37. The first-order valence-corrected chi connectivity index (χ1v) is 5.11. The Labute approximate surface area is 89.6 Å². The minimum Gasteiger partial charge on any atom is -0.508 e. The maximum absolute atomic E-state index is 9.73. The summed E-state index contributed by atoms with van der Waals surface area (Å²) < 4.78 is 10.8. The molecule has 0 fully saturated rings. The van der Waals surface area contributed by atoms with Crippen LogP contribution in [0.1, 0.15) is 11.1 Å². The molecule has 0 saturated carbocycles. The van der Waals surface area contributed by atoms with Gasteiger partial charge >= 0.3 is 0 Å². The molecular formula is C12H16O3. The van der Waals surface area contributed by atoms with E-state index in [4.69, 9.17) is 9.47 Å². The van der Waals surface area contributed by atoms with E-state index in [1.165, 1.54) is 0 Å². The van der Waals surface area contributed by atoms with E-state index in [1.807, 2.05) is 12.1 Å². The van der Waals surface area contributed by atoms with E-state index in [0.717, 1.165) is 24.0 Å². The SMILES string of the molecule is COC1Cc2cccc(O)c2CC1OC. The van der Waals surface area contributed by atoms with Crippen LogP contribution < -0.4 is 0 Å². The quantitative estimate of drug-likeness (QED) is 0.801. The third-order valence-corrected chi connectivity index (χ3v) is 3.09. The van der Waals surface area contributed by atoms with Gasteiger partial charge in [-0.05, 0) is 17.2 Å². The Morgan fingerprint density at radius 3 is 2.47 bits per heavy atom. The lowest BCUT2D eigenvalue weighted by atomic mass is 9.87. The van der Waals surface area contributed by atoms with Crippen molar-refractivity contribution in [2.45, 2.75) is 25.0 Å². The summed E-state index contributed by atoms with van der Waals surface area (Å²) in [5.74, 6) is 0.365. The smallest absolute Gasteiger partial charge is 0.119 e. The molecule has 0 bridgehead atoms. The average molecular weight is 208 g/mol. The summed E-state index contributed by atoms with van der Waals surface area (Å²) in [6, 6.07) is 5.62. The monoisotopic (exact) mass is 208 g/mol. The molecule has 3 nitrogen and oxygen atoms in total. The van der Waals surface area contributed by atoms with Gasteiger partial charge in [0.2, 0.25) is 0 Å². The van der Waals surface area contributed by atoms with Crippen LogP contribution in [0.3, 0.4) is 0 Å². The second kappa shape index (κ2) is 4.21. The van der Waals surface area contributed by atoms with Gasteiger partial charge in [0.15, 0.2) is 0 Å². The highest BCUT2D eigenvalue weighted by molar-refractivity contribution is 5.42. The Morgan fingerprint density at radius 1 is 1.13 bits per heavy atom. The molecule has 1 N–H and O–H groups in total. The van der Waals surface area contributed by atoms with Crippen molar-refractivity contribution in [1.29, 1.82) is 0 Å². The molecule has 0 spiro atoms. The zero-order valence-corrected chi connectivity index (χ0v) is 9.06. The third-order valence-electron chi connectivity index (χ3n) is 3.09. The number of benzene rings is 1. The van der Waals surface area contributed by atoms with Crippen LogP contribution in [0, 0.1) is 0 Å². The first-order valence-electron chi connectivity index (χ1n) is 5.11. The minimum absolute atomic E-state index is 0.0378. The summed E-state index contributed by atoms with van der Waals surface area (Å²) in [4.78, 5) is 0. The maximum Gasteiger partial charge on any atom is 0.119 e. The van der Waals surface area contributed by atoms with Crippen molar-refractivity contribution in [1.82, 2.24) is 0 Å². The van der Waals surface area contributed by atoms with Gasteiger partial charge in [0.1, 0.15) is 5.75 Å². The van der Waals surface area contributed by atoms with E-state index in [-0.39, 0.29) is 12.2 Å². The van der Waals surface area contributed by atoms with Crippen LogP contribution >= 0.6 is 0 Å². The van der Waals surface area contributed by atoms with Crippen LogP contribution in [-0.2, 0) is 22.3 Å². The van der Waals surface area contributed by atoms with E-state index in [2.05, 4.69) is 0 Å². The predicted molar refractivity (Wildman–Crippen MR) is 57.1 cm³/mol. The number of hydrogen-bond donors (Lipinski definition) is 1. The van der Waals surface area contributed by atoms with Crippen LogP contribution in [0.2, 0.25) is 0 Å². The van der Waals surface area contributed by atoms with E-state index in [1.54, 1.807) is 20.3 Å². The van der Waals surface area contributed by atoms with Gasteiger partial charge in [-0.15, -0.1) is 0 Å². The Bertz CT molecular complexity index is 349. The molecule has 2 atom stereocenters. The molecule has 82 valence electrons. The Morgan fingerprint density at radius 2 is 1.80 bits per heavy atom. The highest BCUT2D eigenvalue weighted by Gasteiger charge is 2.29. The van der Waals surface area contributed by atoms with Gasteiger partial charge in [0.05, 0.1) is 12.2 Å². The molecule has 2 rings (SSSR count). The van der Waals surface area contributed by atoms with Crippen LogP contribution in [0.25, 0.3) is 0 Å². The molecule has 0 aliphatic heterocycles. The molecule has 0 amide bonds. The Hall–Kier alpha value is -1.06. The fourth-order valence-corrected chi connectivity index (χ4v) is 2.20. The van der Waals surface area contributed by atoms with Gasteiger partial charge < -0.3 is 14.6 Å². The van der Waals surface area contributed by atoms with Crippen molar-refractivity contribution in [2.24, 2.45) is 0 Å². The van der Waals surface area contributed by atoms with E-state index < -0.39 is 0 Å². The first-order chi connectivity index (χ1) is 7.26. The molecule has 0 saturated heterocycles. The Kier molecular flexibility index (Phi) is 2.93. The Balaban J connectivity index is 2.33. The minimum atomic E-state index is 0.0378. The fraction of sp³-hybridized carbons (Fsp3) is 0.500. The zero-order chi connectivity index (χ0) is 10.8. The van der Waals surface area contributed by atoms with E-state index in [0.29, 0.717) is 5.75 Å². The molecule has 1 aromatic rings. The number of aromatic hydroxyl groups is 1. The summed E-state index contributed by atoms with van der Waals surface area (Å²) in [7, 11) is 3.38. The highest BCUT2D eigenvalue weighted by atomic mass is 16.5. The normalized spacial score (nSPS) is 24.9. The molecule has 1 aliphatic rings. The maximum atomic E-state index is 9.73. The van der Waals surface area contributed by atoms with Crippen molar-refractivity contribution >= 4 is 0 Å². The second-order valence-corrected chi connectivity index (χ2v) is 3.87.